The Labute approximate surface area is 96.9 Å². The molecule has 0 heterocycles. The van der Waals surface area contributed by atoms with Crippen LogP contribution in [-0.4, -0.2) is 39.3 Å². The topological polar surface area (TPSA) is 47.7 Å². The van der Waals surface area contributed by atoms with E-state index in [4.69, 9.17) is 15.2 Å². The van der Waals surface area contributed by atoms with E-state index in [2.05, 4.69) is 4.90 Å². The molecule has 0 saturated carbocycles. The molecule has 2 N–H and O–H groups in total. The number of nitrogens with zero attached hydrogens (tertiary/aromatic N) is 1. The monoisotopic (exact) mass is 224 g/mol. The van der Waals surface area contributed by atoms with Gasteiger partial charge in [-0.2, -0.15) is 0 Å². The van der Waals surface area contributed by atoms with Crippen molar-refractivity contribution >= 4 is 0 Å². The molecule has 4 heteroatoms. The van der Waals surface area contributed by atoms with Crippen molar-refractivity contribution in [2.75, 3.05) is 34.4 Å². The predicted molar refractivity (Wildman–Crippen MR) is 64.9 cm³/mol. The maximum atomic E-state index is 5.52. The molecule has 4 nitrogen and oxygen atoms in total. The summed E-state index contributed by atoms with van der Waals surface area (Å²) in [4.78, 5) is 2.14. The van der Waals surface area contributed by atoms with Gasteiger partial charge in [0.15, 0.2) is 0 Å². The standard InChI is InChI=1S/C12H20N2O2/c1-14(8-7-13)9-10-11(15-2)5-4-6-12(10)16-3/h4-6H,7-9,13H2,1-3H3. The molecule has 0 saturated heterocycles. The largest absolute Gasteiger partial charge is 0.496 e. The van der Waals surface area contributed by atoms with Crippen molar-refractivity contribution in [2.24, 2.45) is 5.73 Å². The van der Waals surface area contributed by atoms with Gasteiger partial charge in [0.1, 0.15) is 11.5 Å². The molecular weight excluding hydrogens is 204 g/mol. The van der Waals surface area contributed by atoms with E-state index < -0.39 is 0 Å². The van der Waals surface area contributed by atoms with Crippen LogP contribution in [0, 0.1) is 0 Å². The zero-order chi connectivity index (χ0) is 12.0. The van der Waals surface area contributed by atoms with E-state index in [1.807, 2.05) is 25.2 Å². The summed E-state index contributed by atoms with van der Waals surface area (Å²) in [6.07, 6.45) is 0. The predicted octanol–water partition coefficient (Wildman–Crippen LogP) is 1.09. The fourth-order valence-corrected chi connectivity index (χ4v) is 1.65. The molecule has 0 spiro atoms. The highest BCUT2D eigenvalue weighted by molar-refractivity contribution is 5.44. The summed E-state index contributed by atoms with van der Waals surface area (Å²) in [7, 11) is 5.36. The summed E-state index contributed by atoms with van der Waals surface area (Å²) in [6.45, 7) is 2.26. The van der Waals surface area contributed by atoms with E-state index in [1.165, 1.54) is 0 Å². The molecule has 16 heavy (non-hydrogen) atoms. The lowest BCUT2D eigenvalue weighted by molar-refractivity contribution is 0.313. The highest BCUT2D eigenvalue weighted by atomic mass is 16.5. The van der Waals surface area contributed by atoms with Gasteiger partial charge in [0.25, 0.3) is 0 Å². The molecule has 0 bridgehead atoms. The number of methoxy groups -OCH3 is 2. The molecule has 90 valence electrons. The molecule has 0 atom stereocenters. The minimum atomic E-state index is 0.647. The van der Waals surface area contributed by atoms with Gasteiger partial charge >= 0.3 is 0 Å². The molecule has 0 amide bonds. The summed E-state index contributed by atoms with van der Waals surface area (Å²) >= 11 is 0. The second-order valence-corrected chi connectivity index (χ2v) is 3.67. The average Bonchev–Trinajstić information content (AvgIpc) is 2.29. The normalized spacial score (nSPS) is 10.6. The first kappa shape index (κ1) is 12.8. The van der Waals surface area contributed by atoms with Gasteiger partial charge in [-0.25, -0.2) is 0 Å². The first-order chi connectivity index (χ1) is 7.72. The van der Waals surface area contributed by atoms with Crippen LogP contribution in [0.4, 0.5) is 0 Å². The lowest BCUT2D eigenvalue weighted by Gasteiger charge is -2.19. The summed E-state index contributed by atoms with van der Waals surface area (Å²) in [5, 5.41) is 0. The van der Waals surface area contributed by atoms with Crippen molar-refractivity contribution in [3.8, 4) is 11.5 Å². The van der Waals surface area contributed by atoms with E-state index in [0.717, 1.165) is 30.2 Å². The Morgan fingerprint density at radius 1 is 1.19 bits per heavy atom. The highest BCUT2D eigenvalue weighted by Gasteiger charge is 2.11. The van der Waals surface area contributed by atoms with Gasteiger partial charge in [0, 0.05) is 19.6 Å². The van der Waals surface area contributed by atoms with Crippen LogP contribution in [-0.2, 0) is 6.54 Å². The third-order valence-electron chi connectivity index (χ3n) is 2.47. The number of likely N-dealkylation sites (N-methyl/N-ethyl adjacent to an activating group) is 1. The van der Waals surface area contributed by atoms with Crippen LogP contribution < -0.4 is 15.2 Å². The molecule has 0 unspecified atom stereocenters. The molecular formula is C12H20N2O2. The van der Waals surface area contributed by atoms with Crippen LogP contribution >= 0.6 is 0 Å². The fraction of sp³-hybridized carbons (Fsp3) is 0.500. The third-order valence-corrected chi connectivity index (χ3v) is 2.47. The van der Waals surface area contributed by atoms with Crippen LogP contribution in [0.1, 0.15) is 5.56 Å². The maximum Gasteiger partial charge on any atom is 0.127 e. The fourth-order valence-electron chi connectivity index (χ4n) is 1.65. The van der Waals surface area contributed by atoms with E-state index in [0.29, 0.717) is 6.54 Å². The summed E-state index contributed by atoms with van der Waals surface area (Å²) in [5.74, 6) is 1.70. The second-order valence-electron chi connectivity index (χ2n) is 3.67. The molecule has 1 aromatic carbocycles. The Kier molecular flexibility index (Phi) is 5.08. The van der Waals surface area contributed by atoms with E-state index in [1.54, 1.807) is 14.2 Å². The quantitative estimate of drug-likeness (QED) is 0.786. The first-order valence-electron chi connectivity index (χ1n) is 5.31. The van der Waals surface area contributed by atoms with Crippen LogP contribution in [0.15, 0.2) is 18.2 Å². The zero-order valence-electron chi connectivity index (χ0n) is 10.2. The Balaban J connectivity index is 2.90. The Bertz CT molecular complexity index is 307. The van der Waals surface area contributed by atoms with Crippen molar-refractivity contribution in [1.29, 1.82) is 0 Å². The lowest BCUT2D eigenvalue weighted by atomic mass is 10.1. The molecule has 1 aromatic rings. The minimum Gasteiger partial charge on any atom is -0.496 e. The van der Waals surface area contributed by atoms with Crippen molar-refractivity contribution < 1.29 is 9.47 Å². The number of ether oxygens (including phenoxy) is 2. The Morgan fingerprint density at radius 3 is 2.19 bits per heavy atom. The van der Waals surface area contributed by atoms with Crippen molar-refractivity contribution in [3.63, 3.8) is 0 Å². The average molecular weight is 224 g/mol. The molecule has 0 aliphatic heterocycles. The molecule has 1 rings (SSSR count). The smallest absolute Gasteiger partial charge is 0.127 e. The van der Waals surface area contributed by atoms with Crippen LogP contribution in [0.2, 0.25) is 0 Å². The number of hydrogen-bond donors (Lipinski definition) is 1. The first-order valence-corrected chi connectivity index (χ1v) is 5.31. The van der Waals surface area contributed by atoms with Gasteiger partial charge in [-0.1, -0.05) is 6.07 Å². The molecule has 0 aromatic heterocycles. The van der Waals surface area contributed by atoms with Gasteiger partial charge in [-0.05, 0) is 19.2 Å². The van der Waals surface area contributed by atoms with Gasteiger partial charge in [0.05, 0.1) is 19.8 Å². The minimum absolute atomic E-state index is 0.647. The number of hydrogen-bond acceptors (Lipinski definition) is 4. The number of benzene rings is 1. The van der Waals surface area contributed by atoms with Crippen molar-refractivity contribution in [1.82, 2.24) is 4.90 Å². The van der Waals surface area contributed by atoms with Crippen molar-refractivity contribution in [3.05, 3.63) is 23.8 Å². The maximum absolute atomic E-state index is 5.52. The van der Waals surface area contributed by atoms with E-state index >= 15 is 0 Å². The van der Waals surface area contributed by atoms with Gasteiger partial charge < -0.3 is 20.1 Å². The van der Waals surface area contributed by atoms with Gasteiger partial charge in [0.2, 0.25) is 0 Å². The number of nitrogens with two attached hydrogens (primary N) is 1. The van der Waals surface area contributed by atoms with Gasteiger partial charge in [-0.15, -0.1) is 0 Å². The van der Waals surface area contributed by atoms with Crippen LogP contribution in [0.3, 0.4) is 0 Å². The third kappa shape index (κ3) is 3.12. The van der Waals surface area contributed by atoms with Crippen LogP contribution in [0.5, 0.6) is 11.5 Å². The molecule has 0 fully saturated rings. The summed E-state index contributed by atoms with van der Waals surface area (Å²) in [5.41, 5.74) is 6.58. The summed E-state index contributed by atoms with van der Waals surface area (Å²) in [6, 6.07) is 5.80. The van der Waals surface area contributed by atoms with Gasteiger partial charge in [-0.3, -0.25) is 0 Å². The van der Waals surface area contributed by atoms with Crippen molar-refractivity contribution in [2.45, 2.75) is 6.54 Å². The molecule has 0 radical (unpaired) electrons. The van der Waals surface area contributed by atoms with E-state index in [9.17, 15) is 0 Å². The SMILES string of the molecule is COc1cccc(OC)c1CN(C)CCN. The lowest BCUT2D eigenvalue weighted by Crippen LogP contribution is -2.25. The molecule has 0 aliphatic carbocycles. The van der Waals surface area contributed by atoms with Crippen LogP contribution in [0.25, 0.3) is 0 Å². The Morgan fingerprint density at radius 2 is 1.75 bits per heavy atom. The van der Waals surface area contributed by atoms with E-state index in [-0.39, 0.29) is 0 Å². The molecule has 0 aliphatic rings. The second kappa shape index (κ2) is 6.35. The number of rotatable bonds is 6. The highest BCUT2D eigenvalue weighted by Crippen LogP contribution is 2.28. The Hall–Kier alpha value is -1.26. The zero-order valence-corrected chi connectivity index (χ0v) is 10.2. The summed E-state index contributed by atoms with van der Waals surface area (Å²) < 4.78 is 10.7.